The molecule has 4 N–H and O–H groups in total. The van der Waals surface area contributed by atoms with Crippen molar-refractivity contribution in [1.82, 2.24) is 0 Å². The Hall–Kier alpha value is -1.96. The van der Waals surface area contributed by atoms with E-state index in [0.717, 1.165) is 0 Å². The first-order valence-corrected chi connectivity index (χ1v) is 3.16. The smallest absolute Gasteiger partial charge is 0.253 e. The van der Waals surface area contributed by atoms with E-state index in [0.29, 0.717) is 0 Å². The molecule has 1 heterocycles. The lowest BCUT2D eigenvalue weighted by Crippen LogP contribution is -2.12. The number of nitriles is 1. The molecule has 5 heteroatoms. The topological polar surface area (TPSA) is 106 Å². The lowest BCUT2D eigenvalue weighted by atomic mass is 10.1. The molecule has 62 valence electrons. The summed E-state index contributed by atoms with van der Waals surface area (Å²) in [7, 11) is 0. The Morgan fingerprint density at radius 2 is 2.25 bits per heavy atom. The third kappa shape index (κ3) is 0.992. The summed E-state index contributed by atoms with van der Waals surface area (Å²) in [5, 5.41) is 8.56. The second-order valence-corrected chi connectivity index (χ2v) is 2.25. The van der Waals surface area contributed by atoms with E-state index in [9.17, 15) is 4.79 Å². The van der Waals surface area contributed by atoms with E-state index in [1.807, 2.05) is 0 Å². The fourth-order valence-electron chi connectivity index (χ4n) is 0.974. The van der Waals surface area contributed by atoms with Crippen LogP contribution < -0.4 is 11.5 Å². The number of nitrogen functional groups attached to an aromatic ring is 1. The van der Waals surface area contributed by atoms with Gasteiger partial charge in [-0.1, -0.05) is 0 Å². The van der Waals surface area contributed by atoms with Gasteiger partial charge in [0.15, 0.2) is 0 Å². The third-order valence-corrected chi connectivity index (χ3v) is 1.47. The predicted octanol–water partition coefficient (Wildman–Crippen LogP) is 0.141. The van der Waals surface area contributed by atoms with Gasteiger partial charge in [0.05, 0.1) is 0 Å². The summed E-state index contributed by atoms with van der Waals surface area (Å²) >= 11 is 0. The number of carbonyl (C=O) groups excluding carboxylic acids is 1. The van der Waals surface area contributed by atoms with E-state index in [2.05, 4.69) is 0 Å². The van der Waals surface area contributed by atoms with Crippen LogP contribution in [-0.4, -0.2) is 5.91 Å². The average Bonchev–Trinajstić information content (AvgIpc) is 2.24. The molecule has 0 saturated carbocycles. The highest BCUT2D eigenvalue weighted by Gasteiger charge is 2.19. The van der Waals surface area contributed by atoms with Gasteiger partial charge < -0.3 is 15.9 Å². The van der Waals surface area contributed by atoms with Crippen LogP contribution in [0.4, 0.5) is 5.88 Å². The number of amides is 1. The van der Waals surface area contributed by atoms with Crippen LogP contribution in [0.5, 0.6) is 0 Å². The fraction of sp³-hybridized carbons (Fsp3) is 0.143. The highest BCUT2D eigenvalue weighted by Crippen LogP contribution is 2.22. The average molecular weight is 165 g/mol. The van der Waals surface area contributed by atoms with Gasteiger partial charge >= 0.3 is 0 Å². The standard InChI is InChI=1S/C7H7N3O2/c1-3-5(6(9)11)4(2-8)7(10)12-3/h10H2,1H3,(H2,9,11). The van der Waals surface area contributed by atoms with Crippen molar-refractivity contribution < 1.29 is 9.21 Å². The number of nitrogens with two attached hydrogens (primary N) is 2. The zero-order valence-electron chi connectivity index (χ0n) is 6.42. The Morgan fingerprint density at radius 1 is 1.67 bits per heavy atom. The normalized spacial score (nSPS) is 9.33. The quantitative estimate of drug-likeness (QED) is 0.617. The van der Waals surface area contributed by atoms with Gasteiger partial charge in [-0.3, -0.25) is 4.79 Å². The highest BCUT2D eigenvalue weighted by atomic mass is 16.4. The zero-order valence-corrected chi connectivity index (χ0v) is 6.42. The number of hydrogen-bond donors (Lipinski definition) is 2. The van der Waals surface area contributed by atoms with E-state index in [-0.39, 0.29) is 22.8 Å². The summed E-state index contributed by atoms with van der Waals surface area (Å²) in [6, 6.07) is 1.75. The van der Waals surface area contributed by atoms with E-state index < -0.39 is 5.91 Å². The molecule has 1 amide bonds. The van der Waals surface area contributed by atoms with Gasteiger partial charge in [-0.25, -0.2) is 0 Å². The van der Waals surface area contributed by atoms with Crippen LogP contribution in [0.25, 0.3) is 0 Å². The summed E-state index contributed by atoms with van der Waals surface area (Å²) in [4.78, 5) is 10.8. The van der Waals surface area contributed by atoms with Crippen molar-refractivity contribution in [2.24, 2.45) is 5.73 Å². The molecule has 0 aliphatic carbocycles. The second kappa shape index (κ2) is 2.58. The van der Waals surface area contributed by atoms with Gasteiger partial charge in [-0.05, 0) is 6.92 Å². The molecule has 0 atom stereocenters. The maximum absolute atomic E-state index is 10.8. The molecule has 0 bridgehead atoms. The minimum atomic E-state index is -0.704. The minimum absolute atomic E-state index is 0.0139. The van der Waals surface area contributed by atoms with Crippen molar-refractivity contribution >= 4 is 11.8 Å². The number of aryl methyl sites for hydroxylation is 1. The molecule has 0 aliphatic rings. The van der Waals surface area contributed by atoms with Crippen LogP contribution in [0.15, 0.2) is 4.42 Å². The summed E-state index contributed by atoms with van der Waals surface area (Å²) < 4.78 is 4.85. The van der Waals surface area contributed by atoms with Crippen molar-refractivity contribution in [2.75, 3.05) is 5.73 Å². The van der Waals surface area contributed by atoms with E-state index in [1.165, 1.54) is 6.92 Å². The van der Waals surface area contributed by atoms with Crippen LogP contribution in [-0.2, 0) is 0 Å². The molecule has 0 spiro atoms. The highest BCUT2D eigenvalue weighted by molar-refractivity contribution is 5.97. The van der Waals surface area contributed by atoms with E-state index in [4.69, 9.17) is 21.1 Å². The second-order valence-electron chi connectivity index (χ2n) is 2.25. The fourth-order valence-corrected chi connectivity index (χ4v) is 0.974. The molecule has 0 unspecified atom stereocenters. The Morgan fingerprint density at radius 3 is 2.58 bits per heavy atom. The number of furan rings is 1. The van der Waals surface area contributed by atoms with Crippen molar-refractivity contribution in [2.45, 2.75) is 6.92 Å². The number of nitrogens with zero attached hydrogens (tertiary/aromatic N) is 1. The van der Waals surface area contributed by atoms with E-state index >= 15 is 0 Å². The summed E-state index contributed by atoms with van der Waals surface area (Å²) in [6.45, 7) is 1.53. The van der Waals surface area contributed by atoms with Gasteiger partial charge in [-0.15, -0.1) is 0 Å². The Bertz CT molecular complexity index is 373. The molecule has 0 saturated heterocycles. The van der Waals surface area contributed by atoms with Crippen molar-refractivity contribution in [3.8, 4) is 6.07 Å². The Kier molecular flexibility index (Phi) is 1.75. The largest absolute Gasteiger partial charge is 0.444 e. The molecular weight excluding hydrogens is 158 g/mol. The monoisotopic (exact) mass is 165 g/mol. The summed E-state index contributed by atoms with van der Waals surface area (Å²) in [5.74, 6) is -0.496. The number of hydrogen-bond acceptors (Lipinski definition) is 4. The lowest BCUT2D eigenvalue weighted by Gasteiger charge is -1.89. The third-order valence-electron chi connectivity index (χ3n) is 1.47. The maximum Gasteiger partial charge on any atom is 0.253 e. The first-order valence-electron chi connectivity index (χ1n) is 3.16. The molecule has 5 nitrogen and oxygen atoms in total. The number of primary amides is 1. The van der Waals surface area contributed by atoms with Gasteiger partial charge in [-0.2, -0.15) is 5.26 Å². The van der Waals surface area contributed by atoms with E-state index in [1.54, 1.807) is 6.07 Å². The van der Waals surface area contributed by atoms with Gasteiger partial charge in [0.1, 0.15) is 23.0 Å². The zero-order chi connectivity index (χ0) is 9.30. The van der Waals surface area contributed by atoms with Crippen LogP contribution in [0.1, 0.15) is 21.7 Å². The number of rotatable bonds is 1. The number of anilines is 1. The molecule has 0 fully saturated rings. The summed E-state index contributed by atoms with van der Waals surface area (Å²) in [6.07, 6.45) is 0. The molecule has 1 aromatic rings. The van der Waals surface area contributed by atoms with Crippen molar-refractivity contribution in [1.29, 1.82) is 5.26 Å². The van der Waals surface area contributed by atoms with Crippen molar-refractivity contribution in [3.05, 3.63) is 16.9 Å². The lowest BCUT2D eigenvalue weighted by molar-refractivity contribution is 0.0998. The molecular formula is C7H7N3O2. The first kappa shape index (κ1) is 8.14. The summed E-state index contributed by atoms with van der Waals surface area (Å²) in [5.41, 5.74) is 10.4. The maximum atomic E-state index is 10.8. The molecule has 1 rings (SSSR count). The molecule has 1 aromatic heterocycles. The van der Waals surface area contributed by atoms with Crippen LogP contribution >= 0.6 is 0 Å². The van der Waals surface area contributed by atoms with Crippen LogP contribution in [0.2, 0.25) is 0 Å². The Labute approximate surface area is 68.6 Å². The Balaban J connectivity index is 3.45. The van der Waals surface area contributed by atoms with Gasteiger partial charge in [0.2, 0.25) is 5.88 Å². The van der Waals surface area contributed by atoms with Gasteiger partial charge in [0.25, 0.3) is 5.91 Å². The molecule has 0 aliphatic heterocycles. The van der Waals surface area contributed by atoms with Crippen LogP contribution in [0.3, 0.4) is 0 Å². The van der Waals surface area contributed by atoms with Gasteiger partial charge in [0, 0.05) is 0 Å². The minimum Gasteiger partial charge on any atom is -0.444 e. The molecule has 0 radical (unpaired) electrons. The van der Waals surface area contributed by atoms with Crippen molar-refractivity contribution in [3.63, 3.8) is 0 Å². The molecule has 0 aromatic carbocycles. The first-order chi connectivity index (χ1) is 5.57. The predicted molar refractivity (Wildman–Crippen MR) is 41.1 cm³/mol. The van der Waals surface area contributed by atoms with Crippen LogP contribution in [0, 0.1) is 18.3 Å². The number of carbonyl (C=O) groups is 1. The molecule has 12 heavy (non-hydrogen) atoms. The SMILES string of the molecule is Cc1oc(N)c(C#N)c1C(N)=O.